The lowest BCUT2D eigenvalue weighted by Crippen LogP contribution is -2.47. The first kappa shape index (κ1) is 13.7. The average Bonchev–Trinajstić information content (AvgIpc) is 2.35. The van der Waals surface area contributed by atoms with Crippen molar-refractivity contribution in [2.45, 2.75) is 51.9 Å². The van der Waals surface area contributed by atoms with E-state index in [1.807, 2.05) is 6.92 Å². The number of alkyl halides is 1. The molecule has 0 aliphatic heterocycles. The van der Waals surface area contributed by atoms with Crippen molar-refractivity contribution in [3.63, 3.8) is 0 Å². The number of hydrogen-bond acceptors (Lipinski definition) is 1. The van der Waals surface area contributed by atoms with Gasteiger partial charge in [-0.3, -0.25) is 4.79 Å². The van der Waals surface area contributed by atoms with Gasteiger partial charge in [0.25, 0.3) is 0 Å². The van der Waals surface area contributed by atoms with E-state index in [1.165, 1.54) is 44.9 Å². The van der Waals surface area contributed by atoms with Crippen LogP contribution in [0.1, 0.15) is 51.9 Å². The number of carbonyl (C=O) groups is 1. The number of carbonyl (C=O) groups excluding carboxylic acids is 1. The molecule has 0 aromatic carbocycles. The molecule has 0 radical (unpaired) electrons. The Bertz CT molecular complexity index is 319. The lowest BCUT2D eigenvalue weighted by Gasteiger charge is -2.57. The van der Waals surface area contributed by atoms with Crippen LogP contribution in [0, 0.1) is 29.1 Å². The molecule has 4 fully saturated rings. The quantitative estimate of drug-likeness (QED) is 0.768. The van der Waals surface area contributed by atoms with E-state index < -0.39 is 0 Å². The summed E-state index contributed by atoms with van der Waals surface area (Å²) in [5.74, 6) is 3.50. The van der Waals surface area contributed by atoms with Crippen molar-refractivity contribution in [1.82, 2.24) is 5.32 Å². The zero-order valence-electron chi connectivity index (χ0n) is 12.0. The van der Waals surface area contributed by atoms with Crippen LogP contribution in [-0.2, 0) is 4.79 Å². The third kappa shape index (κ3) is 2.79. The summed E-state index contributed by atoms with van der Waals surface area (Å²) < 4.78 is 0. The number of nitrogens with one attached hydrogen (secondary N) is 1. The highest BCUT2D eigenvalue weighted by Gasteiger charge is 2.50. The zero-order chi connectivity index (χ0) is 13.5. The first-order valence-corrected chi connectivity index (χ1v) is 8.47. The summed E-state index contributed by atoms with van der Waals surface area (Å²) in [5.41, 5.74) is 0.576. The zero-order valence-corrected chi connectivity index (χ0v) is 12.7. The highest BCUT2D eigenvalue weighted by Crippen LogP contribution is 2.61. The van der Waals surface area contributed by atoms with Gasteiger partial charge in [0, 0.05) is 18.3 Å². The maximum atomic E-state index is 11.8. The van der Waals surface area contributed by atoms with Crippen LogP contribution in [0.25, 0.3) is 0 Å². The van der Waals surface area contributed by atoms with Crippen LogP contribution < -0.4 is 5.32 Å². The van der Waals surface area contributed by atoms with Crippen molar-refractivity contribution in [1.29, 1.82) is 0 Å². The number of rotatable bonds is 5. The second-order valence-corrected chi connectivity index (χ2v) is 7.82. The Hall–Kier alpha value is -0.240. The third-order valence-corrected chi connectivity index (χ3v) is 6.26. The number of hydrogen-bond donors (Lipinski definition) is 1. The smallest absolute Gasteiger partial charge is 0.224 e. The molecule has 0 aromatic heterocycles. The van der Waals surface area contributed by atoms with E-state index in [4.69, 9.17) is 11.6 Å². The third-order valence-electron chi connectivity index (χ3n) is 5.80. The summed E-state index contributed by atoms with van der Waals surface area (Å²) in [6.45, 7) is 2.75. The second kappa shape index (κ2) is 5.27. The molecule has 1 N–H and O–H groups in total. The summed E-state index contributed by atoms with van der Waals surface area (Å²) >= 11 is 5.72. The molecule has 4 saturated carbocycles. The molecule has 0 aromatic rings. The fraction of sp³-hybridized carbons (Fsp3) is 0.938. The Kier molecular flexibility index (Phi) is 3.81. The molecule has 4 aliphatic rings. The summed E-state index contributed by atoms with van der Waals surface area (Å²) in [4.78, 5) is 11.8. The molecule has 4 rings (SSSR count). The minimum absolute atomic E-state index is 0.0574. The van der Waals surface area contributed by atoms with E-state index in [0.717, 1.165) is 24.3 Å². The number of halogens is 1. The van der Waals surface area contributed by atoms with Crippen LogP contribution in [0.3, 0.4) is 0 Å². The normalized spacial score (nSPS) is 41.3. The van der Waals surface area contributed by atoms with Gasteiger partial charge in [-0.05, 0) is 68.1 Å². The van der Waals surface area contributed by atoms with E-state index in [1.54, 1.807) is 0 Å². The van der Waals surface area contributed by atoms with Gasteiger partial charge in [-0.2, -0.15) is 0 Å². The monoisotopic (exact) mass is 283 g/mol. The predicted molar refractivity (Wildman–Crippen MR) is 78.1 cm³/mol. The van der Waals surface area contributed by atoms with Gasteiger partial charge in [0.05, 0.1) is 0 Å². The second-order valence-electron chi connectivity index (χ2n) is 7.51. The first-order chi connectivity index (χ1) is 9.10. The van der Waals surface area contributed by atoms with Crippen molar-refractivity contribution in [2.24, 2.45) is 29.1 Å². The Morgan fingerprint density at radius 3 is 2.21 bits per heavy atom. The Balaban J connectivity index is 1.51. The van der Waals surface area contributed by atoms with E-state index >= 15 is 0 Å². The predicted octanol–water partition coefficient (Wildman–Crippen LogP) is 3.58. The summed E-state index contributed by atoms with van der Waals surface area (Å²) in [7, 11) is 0. The molecule has 19 heavy (non-hydrogen) atoms. The Morgan fingerprint density at radius 1 is 1.21 bits per heavy atom. The van der Waals surface area contributed by atoms with Gasteiger partial charge >= 0.3 is 0 Å². The molecule has 3 heteroatoms. The van der Waals surface area contributed by atoms with Crippen molar-refractivity contribution in [2.75, 3.05) is 12.4 Å². The van der Waals surface area contributed by atoms with Crippen LogP contribution in [0.2, 0.25) is 0 Å². The standard InChI is InChI=1S/C16H26ClNO/c1-11(10-17)15(19)18-3-2-16-7-12-4-13(8-16)6-14(5-12)9-16/h11-14H,2-10H2,1H3,(H,18,19). The SMILES string of the molecule is CC(CCl)C(=O)NCCC12CC3CC(CC(C3)C1)C2. The molecule has 1 atom stereocenters. The van der Waals surface area contributed by atoms with Crippen LogP contribution in [-0.4, -0.2) is 18.3 Å². The summed E-state index contributed by atoms with van der Waals surface area (Å²) in [5, 5.41) is 3.08. The van der Waals surface area contributed by atoms with Crippen LogP contribution in [0.15, 0.2) is 0 Å². The van der Waals surface area contributed by atoms with Gasteiger partial charge in [0.1, 0.15) is 0 Å². The summed E-state index contributed by atoms with van der Waals surface area (Å²) in [6.07, 6.45) is 9.97. The first-order valence-electron chi connectivity index (χ1n) is 7.94. The molecule has 1 amide bonds. The molecule has 1 unspecified atom stereocenters. The molecular formula is C16H26ClNO. The maximum Gasteiger partial charge on any atom is 0.224 e. The average molecular weight is 284 g/mol. The fourth-order valence-corrected chi connectivity index (χ4v) is 5.43. The van der Waals surface area contributed by atoms with E-state index in [9.17, 15) is 4.79 Å². The topological polar surface area (TPSA) is 29.1 Å². The minimum Gasteiger partial charge on any atom is -0.356 e. The van der Waals surface area contributed by atoms with Gasteiger partial charge in [0.2, 0.25) is 5.91 Å². The van der Waals surface area contributed by atoms with Gasteiger partial charge in [-0.1, -0.05) is 6.92 Å². The molecular weight excluding hydrogens is 258 g/mol. The molecule has 0 saturated heterocycles. The number of amides is 1. The molecule has 108 valence electrons. The minimum atomic E-state index is -0.0574. The van der Waals surface area contributed by atoms with Gasteiger partial charge < -0.3 is 5.32 Å². The Morgan fingerprint density at radius 2 is 1.74 bits per heavy atom. The van der Waals surface area contributed by atoms with Crippen molar-refractivity contribution in [3.8, 4) is 0 Å². The van der Waals surface area contributed by atoms with Gasteiger partial charge in [-0.15, -0.1) is 11.6 Å². The van der Waals surface area contributed by atoms with Gasteiger partial charge in [-0.25, -0.2) is 0 Å². The Labute approximate surface area is 121 Å². The highest BCUT2D eigenvalue weighted by atomic mass is 35.5. The van der Waals surface area contributed by atoms with Gasteiger partial charge in [0.15, 0.2) is 0 Å². The largest absolute Gasteiger partial charge is 0.356 e. The molecule has 0 heterocycles. The van der Waals surface area contributed by atoms with Crippen LogP contribution in [0.5, 0.6) is 0 Å². The van der Waals surface area contributed by atoms with Crippen LogP contribution >= 0.6 is 11.6 Å². The molecule has 0 spiro atoms. The van der Waals surface area contributed by atoms with Crippen LogP contribution in [0.4, 0.5) is 0 Å². The molecule has 4 aliphatic carbocycles. The lowest BCUT2D eigenvalue weighted by molar-refractivity contribution is -0.124. The molecule has 4 bridgehead atoms. The summed E-state index contributed by atoms with van der Waals surface area (Å²) in [6, 6.07) is 0. The van der Waals surface area contributed by atoms with Crippen molar-refractivity contribution in [3.05, 3.63) is 0 Å². The lowest BCUT2D eigenvalue weighted by atomic mass is 9.49. The fourth-order valence-electron chi connectivity index (χ4n) is 5.29. The molecule has 2 nitrogen and oxygen atoms in total. The van der Waals surface area contributed by atoms with E-state index in [-0.39, 0.29) is 11.8 Å². The maximum absolute atomic E-state index is 11.8. The van der Waals surface area contributed by atoms with E-state index in [0.29, 0.717) is 11.3 Å². The van der Waals surface area contributed by atoms with Crippen molar-refractivity contribution >= 4 is 17.5 Å². The highest BCUT2D eigenvalue weighted by molar-refractivity contribution is 6.19. The van der Waals surface area contributed by atoms with Crippen molar-refractivity contribution < 1.29 is 4.79 Å². The van der Waals surface area contributed by atoms with E-state index in [2.05, 4.69) is 5.32 Å².